The largest absolute Gasteiger partial charge is 0.497 e. The van der Waals surface area contributed by atoms with Crippen LogP contribution in [0.2, 0.25) is 0 Å². The standard InChI is InChI=1S/C16H22N4O2/c1-11-9-20(12(2)8-17-11)10-15-18-16(19-22-15)13-4-6-14(21-3)7-5-13/h4-7,11-12,17H,8-10H2,1-3H3. The minimum Gasteiger partial charge on any atom is -0.497 e. The van der Waals surface area contributed by atoms with Crippen LogP contribution in [0.3, 0.4) is 0 Å². The van der Waals surface area contributed by atoms with Crippen LogP contribution in [0.25, 0.3) is 11.4 Å². The zero-order valence-electron chi connectivity index (χ0n) is 13.2. The zero-order chi connectivity index (χ0) is 15.5. The van der Waals surface area contributed by atoms with Crippen LogP contribution in [0, 0.1) is 0 Å². The van der Waals surface area contributed by atoms with Gasteiger partial charge in [-0.3, -0.25) is 4.90 Å². The van der Waals surface area contributed by atoms with Crippen molar-refractivity contribution in [1.29, 1.82) is 0 Å². The van der Waals surface area contributed by atoms with Crippen LogP contribution >= 0.6 is 0 Å². The van der Waals surface area contributed by atoms with E-state index in [9.17, 15) is 0 Å². The molecule has 2 unspecified atom stereocenters. The molecule has 1 aliphatic heterocycles. The van der Waals surface area contributed by atoms with Crippen molar-refractivity contribution < 1.29 is 9.26 Å². The molecule has 118 valence electrons. The first-order chi connectivity index (χ1) is 10.7. The highest BCUT2D eigenvalue weighted by Gasteiger charge is 2.24. The van der Waals surface area contributed by atoms with E-state index in [0.29, 0.717) is 30.3 Å². The van der Waals surface area contributed by atoms with E-state index in [1.54, 1.807) is 7.11 Å². The van der Waals surface area contributed by atoms with Gasteiger partial charge in [0.15, 0.2) is 0 Å². The molecule has 0 spiro atoms. The number of hydrogen-bond donors (Lipinski definition) is 1. The Hall–Kier alpha value is -1.92. The van der Waals surface area contributed by atoms with Crippen molar-refractivity contribution in [3.05, 3.63) is 30.2 Å². The molecule has 6 nitrogen and oxygen atoms in total. The minimum atomic E-state index is 0.465. The van der Waals surface area contributed by atoms with Crippen molar-refractivity contribution >= 4 is 0 Å². The Morgan fingerprint density at radius 3 is 2.82 bits per heavy atom. The van der Waals surface area contributed by atoms with Crippen molar-refractivity contribution in [3.63, 3.8) is 0 Å². The van der Waals surface area contributed by atoms with Gasteiger partial charge in [0.1, 0.15) is 5.75 Å². The fourth-order valence-electron chi connectivity index (χ4n) is 2.67. The monoisotopic (exact) mass is 302 g/mol. The third kappa shape index (κ3) is 3.28. The van der Waals surface area contributed by atoms with E-state index >= 15 is 0 Å². The Bertz CT molecular complexity index is 611. The summed E-state index contributed by atoms with van der Waals surface area (Å²) in [5.41, 5.74) is 0.928. The molecule has 1 aromatic heterocycles. The molecule has 0 aliphatic carbocycles. The third-order valence-electron chi connectivity index (χ3n) is 4.05. The van der Waals surface area contributed by atoms with Gasteiger partial charge >= 0.3 is 0 Å². The molecule has 3 rings (SSSR count). The Morgan fingerprint density at radius 2 is 2.09 bits per heavy atom. The first-order valence-corrected chi connectivity index (χ1v) is 7.60. The van der Waals surface area contributed by atoms with Gasteiger partial charge in [0.2, 0.25) is 11.7 Å². The van der Waals surface area contributed by atoms with Gasteiger partial charge in [0.25, 0.3) is 0 Å². The molecule has 0 amide bonds. The van der Waals surface area contributed by atoms with Gasteiger partial charge in [-0.25, -0.2) is 0 Å². The number of benzene rings is 1. The van der Waals surface area contributed by atoms with Gasteiger partial charge in [-0.2, -0.15) is 4.98 Å². The van der Waals surface area contributed by atoms with E-state index in [1.165, 1.54) is 0 Å². The lowest BCUT2D eigenvalue weighted by Crippen LogP contribution is -2.53. The topological polar surface area (TPSA) is 63.4 Å². The van der Waals surface area contributed by atoms with Crippen molar-refractivity contribution in [2.24, 2.45) is 0 Å². The summed E-state index contributed by atoms with van der Waals surface area (Å²) in [5, 5.41) is 7.55. The van der Waals surface area contributed by atoms with E-state index in [4.69, 9.17) is 9.26 Å². The van der Waals surface area contributed by atoms with Crippen molar-refractivity contribution in [2.45, 2.75) is 32.5 Å². The van der Waals surface area contributed by atoms with E-state index in [2.05, 4.69) is 34.2 Å². The molecular weight excluding hydrogens is 280 g/mol. The predicted octanol–water partition coefficient (Wildman–Crippen LogP) is 1.93. The molecule has 0 bridgehead atoms. The predicted molar refractivity (Wildman–Crippen MR) is 83.6 cm³/mol. The van der Waals surface area contributed by atoms with Crippen LogP contribution in [0.5, 0.6) is 5.75 Å². The van der Waals surface area contributed by atoms with Crippen molar-refractivity contribution in [1.82, 2.24) is 20.4 Å². The van der Waals surface area contributed by atoms with Crippen LogP contribution in [0.1, 0.15) is 19.7 Å². The van der Waals surface area contributed by atoms with Crippen LogP contribution in [-0.4, -0.2) is 47.3 Å². The highest BCUT2D eigenvalue weighted by atomic mass is 16.5. The lowest BCUT2D eigenvalue weighted by molar-refractivity contribution is 0.123. The quantitative estimate of drug-likeness (QED) is 0.931. The van der Waals surface area contributed by atoms with E-state index < -0.39 is 0 Å². The number of nitrogens with zero attached hydrogens (tertiary/aromatic N) is 3. The number of methoxy groups -OCH3 is 1. The number of aromatic nitrogens is 2. The summed E-state index contributed by atoms with van der Waals surface area (Å²) in [6.45, 7) is 7.06. The number of rotatable bonds is 4. The Morgan fingerprint density at radius 1 is 1.32 bits per heavy atom. The molecule has 1 aliphatic rings. The molecule has 2 heterocycles. The average molecular weight is 302 g/mol. The second-order valence-electron chi connectivity index (χ2n) is 5.83. The average Bonchev–Trinajstić information content (AvgIpc) is 2.99. The molecule has 1 N–H and O–H groups in total. The molecule has 1 fully saturated rings. The maximum absolute atomic E-state index is 5.41. The van der Waals surface area contributed by atoms with Crippen molar-refractivity contribution in [3.8, 4) is 17.1 Å². The van der Waals surface area contributed by atoms with Crippen LogP contribution in [0.15, 0.2) is 28.8 Å². The minimum absolute atomic E-state index is 0.465. The van der Waals surface area contributed by atoms with Crippen LogP contribution < -0.4 is 10.1 Å². The highest BCUT2D eigenvalue weighted by molar-refractivity contribution is 5.55. The van der Waals surface area contributed by atoms with Gasteiger partial charge in [-0.15, -0.1) is 0 Å². The summed E-state index contributed by atoms with van der Waals surface area (Å²) >= 11 is 0. The number of ether oxygens (including phenoxy) is 1. The van der Waals surface area contributed by atoms with Gasteiger partial charge in [0.05, 0.1) is 13.7 Å². The summed E-state index contributed by atoms with van der Waals surface area (Å²) in [4.78, 5) is 6.88. The first kappa shape index (κ1) is 15.0. The van der Waals surface area contributed by atoms with Crippen molar-refractivity contribution in [2.75, 3.05) is 20.2 Å². The second kappa shape index (κ2) is 6.46. The van der Waals surface area contributed by atoms with E-state index in [0.717, 1.165) is 24.4 Å². The Kier molecular flexibility index (Phi) is 4.40. The molecule has 1 aromatic carbocycles. The maximum Gasteiger partial charge on any atom is 0.241 e. The van der Waals surface area contributed by atoms with E-state index in [-0.39, 0.29) is 0 Å². The second-order valence-corrected chi connectivity index (χ2v) is 5.83. The molecule has 0 saturated carbocycles. The van der Waals surface area contributed by atoms with Gasteiger partial charge in [-0.05, 0) is 38.1 Å². The highest BCUT2D eigenvalue weighted by Crippen LogP contribution is 2.20. The lowest BCUT2D eigenvalue weighted by atomic mass is 10.1. The Labute approximate surface area is 130 Å². The molecule has 1 saturated heterocycles. The molecule has 22 heavy (non-hydrogen) atoms. The van der Waals surface area contributed by atoms with Gasteiger partial charge in [-0.1, -0.05) is 5.16 Å². The summed E-state index contributed by atoms with van der Waals surface area (Å²) in [5.74, 6) is 2.09. The summed E-state index contributed by atoms with van der Waals surface area (Å²) in [7, 11) is 1.65. The summed E-state index contributed by atoms with van der Waals surface area (Å²) in [6.07, 6.45) is 0. The SMILES string of the molecule is COc1ccc(-c2noc(CN3CC(C)NCC3C)n2)cc1. The fraction of sp³-hybridized carbons (Fsp3) is 0.500. The van der Waals surface area contributed by atoms with Crippen LogP contribution in [0.4, 0.5) is 0 Å². The third-order valence-corrected chi connectivity index (χ3v) is 4.05. The summed E-state index contributed by atoms with van der Waals surface area (Å²) in [6, 6.07) is 8.61. The number of hydrogen-bond acceptors (Lipinski definition) is 6. The summed E-state index contributed by atoms with van der Waals surface area (Å²) < 4.78 is 10.6. The Balaban J connectivity index is 1.70. The van der Waals surface area contributed by atoms with Crippen LogP contribution in [-0.2, 0) is 6.54 Å². The lowest BCUT2D eigenvalue weighted by Gasteiger charge is -2.36. The molecule has 2 atom stereocenters. The molecule has 0 radical (unpaired) electrons. The van der Waals surface area contributed by atoms with E-state index in [1.807, 2.05) is 24.3 Å². The molecular formula is C16H22N4O2. The number of piperazine rings is 1. The molecule has 6 heteroatoms. The molecule has 2 aromatic rings. The smallest absolute Gasteiger partial charge is 0.241 e. The number of nitrogens with one attached hydrogen (secondary N) is 1. The fourth-order valence-corrected chi connectivity index (χ4v) is 2.67. The van der Waals surface area contributed by atoms with Gasteiger partial charge < -0.3 is 14.6 Å². The normalized spacial score (nSPS) is 22.7. The zero-order valence-corrected chi connectivity index (χ0v) is 13.2. The first-order valence-electron chi connectivity index (χ1n) is 7.60. The maximum atomic E-state index is 5.41. The van der Waals surface area contributed by atoms with Gasteiger partial charge in [0, 0.05) is 30.7 Å².